The van der Waals surface area contributed by atoms with Gasteiger partial charge in [0.15, 0.2) is 5.78 Å². The van der Waals surface area contributed by atoms with Crippen LogP contribution in [0.3, 0.4) is 0 Å². The summed E-state index contributed by atoms with van der Waals surface area (Å²) in [6.07, 6.45) is 1.17. The van der Waals surface area contributed by atoms with E-state index in [0.29, 0.717) is 34.0 Å². The number of esters is 1. The van der Waals surface area contributed by atoms with E-state index >= 15 is 0 Å². The molecule has 1 heterocycles. The van der Waals surface area contributed by atoms with E-state index in [4.69, 9.17) is 21.1 Å². The van der Waals surface area contributed by atoms with Crippen LogP contribution < -0.4 is 10.1 Å². The van der Waals surface area contributed by atoms with Gasteiger partial charge in [-0.25, -0.2) is 4.79 Å². The van der Waals surface area contributed by atoms with Gasteiger partial charge in [0.25, 0.3) is 0 Å². The van der Waals surface area contributed by atoms with Crippen LogP contribution in [0.5, 0.6) is 5.75 Å². The Morgan fingerprint density at radius 3 is 2.56 bits per heavy atom. The Morgan fingerprint density at radius 1 is 1.26 bits per heavy atom. The van der Waals surface area contributed by atoms with E-state index in [2.05, 4.69) is 19.2 Å². The largest absolute Gasteiger partial charge is 0.495 e. The van der Waals surface area contributed by atoms with Gasteiger partial charge in [-0.2, -0.15) is 0 Å². The second-order valence-electron chi connectivity index (χ2n) is 7.82. The van der Waals surface area contributed by atoms with Crippen molar-refractivity contribution in [3.05, 3.63) is 51.3 Å². The molecule has 0 bridgehead atoms. The lowest BCUT2D eigenvalue weighted by atomic mass is 9.68. The molecule has 5 nitrogen and oxygen atoms in total. The molecular formula is C21H24ClNO4. The van der Waals surface area contributed by atoms with E-state index in [1.165, 1.54) is 7.11 Å². The number of ketones is 1. The molecule has 0 unspecified atom stereocenters. The van der Waals surface area contributed by atoms with Gasteiger partial charge in [-0.05, 0) is 36.5 Å². The summed E-state index contributed by atoms with van der Waals surface area (Å²) in [7, 11) is 2.89. The number of hydrogen-bond donors (Lipinski definition) is 1. The lowest BCUT2D eigenvalue weighted by Crippen LogP contribution is -2.38. The predicted octanol–water partition coefficient (Wildman–Crippen LogP) is 4.13. The number of benzene rings is 1. The van der Waals surface area contributed by atoms with Crippen molar-refractivity contribution >= 4 is 23.4 Å². The van der Waals surface area contributed by atoms with E-state index in [0.717, 1.165) is 17.7 Å². The van der Waals surface area contributed by atoms with Gasteiger partial charge in [0.1, 0.15) is 5.75 Å². The Balaban J connectivity index is 2.21. The molecule has 0 radical (unpaired) electrons. The first-order valence-corrected chi connectivity index (χ1v) is 9.22. The number of methoxy groups -OCH3 is 2. The summed E-state index contributed by atoms with van der Waals surface area (Å²) < 4.78 is 10.2. The zero-order chi connectivity index (χ0) is 19.9. The van der Waals surface area contributed by atoms with E-state index in [1.54, 1.807) is 19.2 Å². The van der Waals surface area contributed by atoms with E-state index in [-0.39, 0.29) is 11.2 Å². The van der Waals surface area contributed by atoms with Crippen LogP contribution >= 0.6 is 11.6 Å². The van der Waals surface area contributed by atoms with Crippen LogP contribution in [-0.2, 0) is 14.3 Å². The van der Waals surface area contributed by atoms with Crippen molar-refractivity contribution in [2.24, 2.45) is 5.41 Å². The van der Waals surface area contributed by atoms with E-state index in [1.807, 2.05) is 13.0 Å². The third kappa shape index (κ3) is 3.48. The third-order valence-corrected chi connectivity index (χ3v) is 5.45. The second kappa shape index (κ2) is 7.04. The lowest BCUT2D eigenvalue weighted by Gasteiger charge is -2.39. The molecule has 0 fully saturated rings. The zero-order valence-corrected chi connectivity index (χ0v) is 17.0. The molecule has 1 aromatic rings. The molecule has 6 heteroatoms. The highest BCUT2D eigenvalue weighted by molar-refractivity contribution is 6.32. The fourth-order valence-electron chi connectivity index (χ4n) is 4.01. The van der Waals surface area contributed by atoms with Gasteiger partial charge in [-0.3, -0.25) is 4.79 Å². The van der Waals surface area contributed by atoms with Gasteiger partial charge >= 0.3 is 5.97 Å². The molecule has 1 aromatic carbocycles. The summed E-state index contributed by atoms with van der Waals surface area (Å²) in [6.45, 7) is 5.98. The maximum Gasteiger partial charge on any atom is 0.336 e. The van der Waals surface area contributed by atoms with Crippen molar-refractivity contribution in [1.82, 2.24) is 5.32 Å². The number of carbonyl (C=O) groups is 2. The van der Waals surface area contributed by atoms with Crippen molar-refractivity contribution < 1.29 is 19.1 Å². The standard InChI is InChI=1S/C21H24ClNO4/c1-11-17(20(25)27-5)18(12-6-7-16(26-4)13(22)8-12)19-14(23-11)9-21(2,3)10-15(19)24/h6-8,18,23H,9-10H2,1-5H3/t18-/m0/s1. The van der Waals surface area contributed by atoms with Gasteiger partial charge in [-0.15, -0.1) is 0 Å². The summed E-state index contributed by atoms with van der Waals surface area (Å²) in [5, 5.41) is 3.72. The highest BCUT2D eigenvalue weighted by Crippen LogP contribution is 2.47. The van der Waals surface area contributed by atoms with Gasteiger partial charge in [-0.1, -0.05) is 31.5 Å². The minimum absolute atomic E-state index is 0.0413. The molecule has 0 aromatic heterocycles. The van der Waals surface area contributed by atoms with Gasteiger partial charge in [0, 0.05) is 29.3 Å². The first-order valence-electron chi connectivity index (χ1n) is 8.84. The third-order valence-electron chi connectivity index (χ3n) is 5.15. The van der Waals surface area contributed by atoms with Crippen molar-refractivity contribution in [2.45, 2.75) is 39.5 Å². The predicted molar refractivity (Wildman–Crippen MR) is 104 cm³/mol. The van der Waals surface area contributed by atoms with Crippen LogP contribution in [0, 0.1) is 5.41 Å². The molecule has 0 saturated heterocycles. The molecular weight excluding hydrogens is 366 g/mol. The van der Waals surface area contributed by atoms with Crippen LogP contribution in [0.2, 0.25) is 5.02 Å². The summed E-state index contributed by atoms with van der Waals surface area (Å²) in [5.41, 5.74) is 3.27. The van der Waals surface area contributed by atoms with Gasteiger partial charge in [0.2, 0.25) is 0 Å². The summed E-state index contributed by atoms with van der Waals surface area (Å²) >= 11 is 6.33. The monoisotopic (exact) mass is 389 g/mol. The SMILES string of the molecule is COC(=O)C1=C(C)NC2=C(C(=O)CC(C)(C)C2)[C@H]1c1ccc(OC)c(Cl)c1. The molecule has 1 N–H and O–H groups in total. The summed E-state index contributed by atoms with van der Waals surface area (Å²) in [6, 6.07) is 5.35. The number of rotatable bonds is 3. The van der Waals surface area contributed by atoms with Crippen LogP contribution in [0.15, 0.2) is 40.7 Å². The van der Waals surface area contributed by atoms with E-state index in [9.17, 15) is 9.59 Å². The number of ether oxygens (including phenoxy) is 2. The number of Topliss-reactive ketones (excluding diaryl/α,β-unsaturated/α-hetero) is 1. The maximum atomic E-state index is 13.1. The first kappa shape index (κ1) is 19.5. The number of halogens is 1. The molecule has 144 valence electrons. The highest BCUT2D eigenvalue weighted by atomic mass is 35.5. The summed E-state index contributed by atoms with van der Waals surface area (Å²) in [4.78, 5) is 25.6. The van der Waals surface area contributed by atoms with Crippen molar-refractivity contribution in [3.63, 3.8) is 0 Å². The number of carbonyl (C=O) groups excluding carboxylic acids is 2. The smallest absolute Gasteiger partial charge is 0.336 e. The van der Waals surface area contributed by atoms with Crippen molar-refractivity contribution in [3.8, 4) is 5.75 Å². The molecule has 2 aliphatic rings. The summed E-state index contributed by atoms with van der Waals surface area (Å²) in [5.74, 6) is -0.388. The molecule has 0 amide bonds. The molecule has 1 aliphatic carbocycles. The average molecular weight is 390 g/mol. The van der Waals surface area contributed by atoms with Crippen molar-refractivity contribution in [1.29, 1.82) is 0 Å². The molecule has 1 aliphatic heterocycles. The second-order valence-corrected chi connectivity index (χ2v) is 8.22. The minimum Gasteiger partial charge on any atom is -0.495 e. The number of allylic oxidation sites excluding steroid dienone is 3. The van der Waals surface area contributed by atoms with Crippen LogP contribution in [0.1, 0.15) is 45.1 Å². The fraction of sp³-hybridized carbons (Fsp3) is 0.429. The van der Waals surface area contributed by atoms with Gasteiger partial charge < -0.3 is 14.8 Å². The number of nitrogens with one attached hydrogen (secondary N) is 1. The molecule has 3 rings (SSSR count). The van der Waals surface area contributed by atoms with Crippen LogP contribution in [0.25, 0.3) is 0 Å². The molecule has 27 heavy (non-hydrogen) atoms. The van der Waals surface area contributed by atoms with Crippen LogP contribution in [0.4, 0.5) is 0 Å². The normalized spacial score (nSPS) is 21.6. The lowest BCUT2D eigenvalue weighted by molar-refractivity contribution is -0.136. The molecule has 0 saturated carbocycles. The minimum atomic E-state index is -0.513. The Morgan fingerprint density at radius 2 is 1.96 bits per heavy atom. The first-order chi connectivity index (χ1) is 12.7. The number of dihydropyridines is 1. The Kier molecular flexibility index (Phi) is 5.08. The topological polar surface area (TPSA) is 64.6 Å². The van der Waals surface area contributed by atoms with Crippen LogP contribution in [-0.4, -0.2) is 26.0 Å². The average Bonchev–Trinajstić information content (AvgIpc) is 2.58. The fourth-order valence-corrected chi connectivity index (χ4v) is 4.28. The highest BCUT2D eigenvalue weighted by Gasteiger charge is 2.43. The quantitative estimate of drug-likeness (QED) is 0.787. The maximum absolute atomic E-state index is 13.1. The van der Waals surface area contributed by atoms with Crippen molar-refractivity contribution in [2.75, 3.05) is 14.2 Å². The Hall–Kier alpha value is -2.27. The Labute approximate surface area is 164 Å². The van der Waals surface area contributed by atoms with Gasteiger partial charge in [0.05, 0.1) is 24.8 Å². The number of hydrogen-bond acceptors (Lipinski definition) is 5. The zero-order valence-electron chi connectivity index (χ0n) is 16.2. The van der Waals surface area contributed by atoms with E-state index < -0.39 is 11.9 Å². The Bertz CT molecular complexity index is 882. The molecule has 1 atom stereocenters. The molecule has 0 spiro atoms.